The molecule has 1 nitrogen and oxygen atoms in total. The van der Waals surface area contributed by atoms with Gasteiger partial charge in [0.05, 0.1) is 0 Å². The molecule has 0 aromatic heterocycles. The Hall–Kier alpha value is -1.45. The van der Waals surface area contributed by atoms with Crippen LogP contribution in [0.2, 0.25) is 10.0 Å². The zero-order chi connectivity index (χ0) is 19.1. The molecule has 4 heteroatoms. The van der Waals surface area contributed by atoms with Crippen molar-refractivity contribution < 1.29 is 0 Å². The van der Waals surface area contributed by atoms with Gasteiger partial charge in [0.1, 0.15) is 0 Å². The molecule has 0 aliphatic rings. The van der Waals surface area contributed by atoms with Gasteiger partial charge in [-0.1, -0.05) is 71.7 Å². The van der Waals surface area contributed by atoms with Gasteiger partial charge in [-0.3, -0.25) is 0 Å². The third-order valence-electron chi connectivity index (χ3n) is 4.58. The second kappa shape index (κ2) is 10.2. The van der Waals surface area contributed by atoms with Gasteiger partial charge in [0, 0.05) is 26.6 Å². The number of rotatable bonds is 8. The second-order valence-corrected chi connectivity index (χ2v) is 8.34. The van der Waals surface area contributed by atoms with E-state index in [-0.39, 0.29) is 0 Å². The van der Waals surface area contributed by atoms with E-state index < -0.39 is 0 Å². The van der Waals surface area contributed by atoms with Gasteiger partial charge >= 0.3 is 0 Å². The van der Waals surface area contributed by atoms with Gasteiger partial charge in [-0.2, -0.15) is 0 Å². The smallest absolute Gasteiger partial charge is 0.0461 e. The summed E-state index contributed by atoms with van der Waals surface area (Å²) in [6.45, 7) is 0.991. The highest BCUT2D eigenvalue weighted by Gasteiger charge is 2.13. The third-order valence-corrected chi connectivity index (χ3v) is 6.22. The zero-order valence-electron chi connectivity index (χ0n) is 15.3. The van der Waals surface area contributed by atoms with Crippen LogP contribution in [0.25, 0.3) is 0 Å². The average molecular weight is 416 g/mol. The van der Waals surface area contributed by atoms with Crippen molar-refractivity contribution >= 4 is 35.0 Å². The minimum Gasteiger partial charge on any atom is -0.320 e. The van der Waals surface area contributed by atoms with Crippen molar-refractivity contribution in [3.05, 3.63) is 99.5 Å². The predicted molar refractivity (Wildman–Crippen MR) is 119 cm³/mol. The molecule has 0 aliphatic heterocycles. The molecule has 0 heterocycles. The lowest BCUT2D eigenvalue weighted by molar-refractivity contribution is 0.661. The predicted octanol–water partition coefficient (Wildman–Crippen LogP) is 7.03. The molecule has 140 valence electrons. The lowest BCUT2D eigenvalue weighted by Crippen LogP contribution is -2.13. The normalized spacial score (nSPS) is 12.1. The molecule has 1 atom stereocenters. The van der Waals surface area contributed by atoms with Crippen LogP contribution in [0.5, 0.6) is 0 Å². The van der Waals surface area contributed by atoms with Crippen molar-refractivity contribution in [3.63, 3.8) is 0 Å². The fourth-order valence-electron chi connectivity index (χ4n) is 3.10. The Balaban J connectivity index is 1.70. The van der Waals surface area contributed by atoms with Crippen LogP contribution in [-0.4, -0.2) is 13.6 Å². The van der Waals surface area contributed by atoms with Crippen LogP contribution in [0.3, 0.4) is 0 Å². The van der Waals surface area contributed by atoms with E-state index in [0.29, 0.717) is 10.9 Å². The van der Waals surface area contributed by atoms with E-state index >= 15 is 0 Å². The van der Waals surface area contributed by atoms with Crippen LogP contribution < -0.4 is 5.32 Å². The zero-order valence-corrected chi connectivity index (χ0v) is 17.6. The largest absolute Gasteiger partial charge is 0.320 e. The van der Waals surface area contributed by atoms with Crippen molar-refractivity contribution in [1.82, 2.24) is 5.32 Å². The number of hydrogen-bond donors (Lipinski definition) is 1. The summed E-state index contributed by atoms with van der Waals surface area (Å²) in [5, 5.41) is 4.67. The Kier molecular flexibility index (Phi) is 7.66. The molecule has 0 bridgehead atoms. The fraction of sp³-hybridized carbons (Fsp3) is 0.217. The first-order chi connectivity index (χ1) is 13.2. The molecule has 0 aliphatic carbocycles. The number of halogens is 2. The van der Waals surface area contributed by atoms with E-state index in [0.717, 1.165) is 29.3 Å². The van der Waals surface area contributed by atoms with Crippen molar-refractivity contribution in [1.29, 1.82) is 0 Å². The molecule has 1 unspecified atom stereocenters. The standard InChI is InChI=1S/C23H23Cl2NS/c1-26-14-13-22(17-5-3-2-4-6-17)18-8-11-21(12-9-18)27-16-19-7-10-20(24)15-23(19)25/h2-12,15,22,26H,13-14,16H2,1H3. The Labute approximate surface area is 176 Å². The van der Waals surface area contributed by atoms with Gasteiger partial charge in [0.15, 0.2) is 0 Å². The minimum atomic E-state index is 0.406. The Bertz CT molecular complexity index is 850. The van der Waals surface area contributed by atoms with Crippen LogP contribution in [0, 0.1) is 0 Å². The van der Waals surface area contributed by atoms with E-state index in [1.807, 2.05) is 19.2 Å². The average Bonchev–Trinajstić information content (AvgIpc) is 2.69. The van der Waals surface area contributed by atoms with Crippen molar-refractivity contribution in [2.75, 3.05) is 13.6 Å². The summed E-state index contributed by atoms with van der Waals surface area (Å²) < 4.78 is 0. The summed E-state index contributed by atoms with van der Waals surface area (Å²) in [7, 11) is 2.00. The van der Waals surface area contributed by atoms with Crippen LogP contribution in [0.15, 0.2) is 77.7 Å². The minimum absolute atomic E-state index is 0.406. The second-order valence-electron chi connectivity index (χ2n) is 6.45. The van der Waals surface area contributed by atoms with Crippen LogP contribution in [0.1, 0.15) is 29.0 Å². The molecule has 27 heavy (non-hydrogen) atoms. The van der Waals surface area contributed by atoms with E-state index in [9.17, 15) is 0 Å². The highest BCUT2D eigenvalue weighted by molar-refractivity contribution is 7.98. The molecule has 0 fully saturated rings. The maximum Gasteiger partial charge on any atom is 0.0461 e. The molecule has 0 saturated carbocycles. The molecule has 1 N–H and O–H groups in total. The SMILES string of the molecule is CNCCC(c1ccccc1)c1ccc(SCc2ccc(Cl)cc2Cl)cc1. The van der Waals surface area contributed by atoms with Gasteiger partial charge in [-0.05, 0) is 61.0 Å². The van der Waals surface area contributed by atoms with E-state index in [2.05, 4.69) is 59.9 Å². The summed E-state index contributed by atoms with van der Waals surface area (Å²) >= 11 is 14.0. The molecule has 3 aromatic carbocycles. The van der Waals surface area contributed by atoms with Crippen LogP contribution >= 0.6 is 35.0 Å². The molecule has 0 amide bonds. The summed E-state index contributed by atoms with van der Waals surface area (Å²) in [5.41, 5.74) is 3.82. The van der Waals surface area contributed by atoms with Crippen molar-refractivity contribution in [2.45, 2.75) is 23.0 Å². The fourth-order valence-corrected chi connectivity index (χ4v) is 4.55. The van der Waals surface area contributed by atoms with Crippen LogP contribution in [0.4, 0.5) is 0 Å². The summed E-state index contributed by atoms with van der Waals surface area (Å²) in [4.78, 5) is 1.24. The van der Waals surface area contributed by atoms with Crippen LogP contribution in [-0.2, 0) is 5.75 Å². The lowest BCUT2D eigenvalue weighted by Gasteiger charge is -2.18. The molecule has 0 saturated heterocycles. The quantitative estimate of drug-likeness (QED) is 0.396. The molecule has 3 rings (SSSR count). The topological polar surface area (TPSA) is 12.0 Å². The van der Waals surface area contributed by atoms with Crippen molar-refractivity contribution in [2.24, 2.45) is 0 Å². The van der Waals surface area contributed by atoms with Gasteiger partial charge < -0.3 is 5.32 Å². The van der Waals surface area contributed by atoms with Gasteiger partial charge in [0.2, 0.25) is 0 Å². The molecule has 0 radical (unpaired) electrons. The summed E-state index contributed by atoms with van der Waals surface area (Å²) in [5.74, 6) is 1.24. The molecule has 3 aromatic rings. The summed E-state index contributed by atoms with van der Waals surface area (Å²) in [6, 6.07) is 25.3. The summed E-state index contributed by atoms with van der Waals surface area (Å²) in [6.07, 6.45) is 1.08. The van der Waals surface area contributed by atoms with Gasteiger partial charge in [0.25, 0.3) is 0 Å². The number of benzene rings is 3. The number of hydrogen-bond acceptors (Lipinski definition) is 2. The highest BCUT2D eigenvalue weighted by atomic mass is 35.5. The Morgan fingerprint density at radius 1 is 0.889 bits per heavy atom. The van der Waals surface area contributed by atoms with Gasteiger partial charge in [-0.25, -0.2) is 0 Å². The number of nitrogens with one attached hydrogen (secondary N) is 1. The first-order valence-electron chi connectivity index (χ1n) is 9.03. The van der Waals surface area contributed by atoms with Gasteiger partial charge in [-0.15, -0.1) is 11.8 Å². The maximum atomic E-state index is 6.28. The Morgan fingerprint density at radius 3 is 2.26 bits per heavy atom. The monoisotopic (exact) mass is 415 g/mol. The first-order valence-corrected chi connectivity index (χ1v) is 10.8. The lowest BCUT2D eigenvalue weighted by atomic mass is 9.88. The molecular weight excluding hydrogens is 393 g/mol. The van der Waals surface area contributed by atoms with E-state index in [4.69, 9.17) is 23.2 Å². The molecule has 0 spiro atoms. The number of thioether (sulfide) groups is 1. The molecular formula is C23H23Cl2NS. The van der Waals surface area contributed by atoms with E-state index in [1.165, 1.54) is 16.0 Å². The first kappa shape index (κ1) is 20.3. The highest BCUT2D eigenvalue weighted by Crippen LogP contribution is 2.32. The third kappa shape index (κ3) is 5.76. The van der Waals surface area contributed by atoms with Crippen molar-refractivity contribution in [3.8, 4) is 0 Å². The van der Waals surface area contributed by atoms with E-state index in [1.54, 1.807) is 17.8 Å². The Morgan fingerprint density at radius 2 is 1.59 bits per heavy atom. The maximum absolute atomic E-state index is 6.28.